The Hall–Kier alpha value is -1.10. The number of aromatic nitrogens is 1. The summed E-state index contributed by atoms with van der Waals surface area (Å²) in [6.45, 7) is 1.94. The van der Waals surface area contributed by atoms with E-state index in [4.69, 9.17) is 23.2 Å². The Morgan fingerprint density at radius 2 is 2.17 bits per heavy atom. The Labute approximate surface area is 119 Å². The quantitative estimate of drug-likeness (QED) is 0.933. The molecular weight excluding hydrogens is 291 g/mol. The topological polar surface area (TPSA) is 42.0 Å². The molecule has 0 unspecified atom stereocenters. The van der Waals surface area contributed by atoms with Crippen molar-refractivity contribution < 1.29 is 4.79 Å². The van der Waals surface area contributed by atoms with Gasteiger partial charge in [0.2, 0.25) is 5.91 Å². The van der Waals surface area contributed by atoms with E-state index in [1.165, 1.54) is 11.3 Å². The maximum atomic E-state index is 11.8. The van der Waals surface area contributed by atoms with E-state index in [0.29, 0.717) is 15.2 Å². The first-order valence-electron chi connectivity index (χ1n) is 5.21. The molecule has 0 radical (unpaired) electrons. The second-order valence-electron chi connectivity index (χ2n) is 3.75. The van der Waals surface area contributed by atoms with Crippen molar-refractivity contribution in [1.82, 2.24) is 4.98 Å². The molecular formula is C12H10Cl2N2OS. The predicted octanol–water partition coefficient (Wildman–Crippen LogP) is 3.94. The van der Waals surface area contributed by atoms with E-state index in [1.54, 1.807) is 24.4 Å². The van der Waals surface area contributed by atoms with Gasteiger partial charge in [-0.2, -0.15) is 0 Å². The number of aryl methyl sites for hydroxylation is 1. The van der Waals surface area contributed by atoms with Crippen LogP contribution in [0, 0.1) is 6.92 Å². The summed E-state index contributed by atoms with van der Waals surface area (Å²) < 4.78 is 0. The Morgan fingerprint density at radius 3 is 2.78 bits per heavy atom. The van der Waals surface area contributed by atoms with E-state index >= 15 is 0 Å². The van der Waals surface area contributed by atoms with Crippen LogP contribution in [0.4, 0.5) is 5.13 Å². The lowest BCUT2D eigenvalue weighted by Crippen LogP contribution is -2.14. The van der Waals surface area contributed by atoms with E-state index in [9.17, 15) is 4.79 Å². The molecule has 1 aromatic carbocycles. The van der Waals surface area contributed by atoms with Gasteiger partial charge in [-0.15, -0.1) is 11.3 Å². The number of amides is 1. The van der Waals surface area contributed by atoms with E-state index in [1.807, 2.05) is 6.92 Å². The van der Waals surface area contributed by atoms with Gasteiger partial charge in [0.05, 0.1) is 16.5 Å². The normalized spacial score (nSPS) is 10.4. The zero-order chi connectivity index (χ0) is 13.1. The van der Waals surface area contributed by atoms with Gasteiger partial charge in [-0.3, -0.25) is 4.79 Å². The van der Waals surface area contributed by atoms with Gasteiger partial charge in [-0.1, -0.05) is 29.3 Å². The van der Waals surface area contributed by atoms with Gasteiger partial charge in [0.25, 0.3) is 0 Å². The molecule has 0 aliphatic rings. The van der Waals surface area contributed by atoms with Crippen molar-refractivity contribution >= 4 is 45.6 Å². The fraction of sp³-hybridized carbons (Fsp3) is 0.167. The average Bonchev–Trinajstić information content (AvgIpc) is 2.69. The summed E-state index contributed by atoms with van der Waals surface area (Å²) in [7, 11) is 0. The van der Waals surface area contributed by atoms with Crippen LogP contribution in [0.1, 0.15) is 10.4 Å². The average molecular weight is 301 g/mol. The fourth-order valence-electron chi connectivity index (χ4n) is 1.41. The monoisotopic (exact) mass is 300 g/mol. The van der Waals surface area contributed by atoms with Gasteiger partial charge >= 0.3 is 0 Å². The molecule has 0 fully saturated rings. The summed E-state index contributed by atoms with van der Waals surface area (Å²) in [5, 5.41) is 4.28. The lowest BCUT2D eigenvalue weighted by Gasteiger charge is -2.03. The summed E-state index contributed by atoms with van der Waals surface area (Å²) in [5.41, 5.74) is 0.815. The molecule has 3 nitrogen and oxygen atoms in total. The number of carbonyl (C=O) groups excluding carboxylic acids is 1. The maximum Gasteiger partial charge on any atom is 0.230 e. The second-order valence-corrected chi connectivity index (χ2v) is 5.80. The number of anilines is 1. The maximum absolute atomic E-state index is 11.8. The van der Waals surface area contributed by atoms with Crippen molar-refractivity contribution in [2.24, 2.45) is 0 Å². The summed E-state index contributed by atoms with van der Waals surface area (Å²) in [4.78, 5) is 16.9. The molecule has 2 rings (SSSR count). The number of carbonyl (C=O) groups is 1. The molecule has 0 spiro atoms. The molecule has 0 saturated carbocycles. The van der Waals surface area contributed by atoms with Crippen LogP contribution < -0.4 is 5.32 Å². The van der Waals surface area contributed by atoms with Crippen LogP contribution in [0.2, 0.25) is 10.0 Å². The van der Waals surface area contributed by atoms with E-state index in [2.05, 4.69) is 10.3 Å². The summed E-state index contributed by atoms with van der Waals surface area (Å²) in [6.07, 6.45) is 1.97. The van der Waals surface area contributed by atoms with Crippen molar-refractivity contribution in [2.75, 3.05) is 5.32 Å². The molecule has 1 heterocycles. The molecule has 94 valence electrons. The molecule has 0 aliphatic heterocycles. The third-order valence-electron chi connectivity index (χ3n) is 2.22. The first-order valence-corrected chi connectivity index (χ1v) is 6.78. The lowest BCUT2D eigenvalue weighted by molar-refractivity contribution is -0.115. The van der Waals surface area contributed by atoms with E-state index in [0.717, 1.165) is 10.4 Å². The van der Waals surface area contributed by atoms with Crippen LogP contribution >= 0.6 is 34.5 Å². The van der Waals surface area contributed by atoms with Crippen molar-refractivity contribution in [2.45, 2.75) is 13.3 Å². The molecule has 2 aromatic rings. The summed E-state index contributed by atoms with van der Waals surface area (Å²) in [5.74, 6) is -0.122. The molecule has 1 aromatic heterocycles. The summed E-state index contributed by atoms with van der Waals surface area (Å²) >= 11 is 13.1. The summed E-state index contributed by atoms with van der Waals surface area (Å²) in [6, 6.07) is 5.15. The SMILES string of the molecule is Cc1cnc(NC(=O)Cc2ccc(Cl)c(Cl)c2)s1. The number of hydrogen-bond acceptors (Lipinski definition) is 3. The van der Waals surface area contributed by atoms with Gasteiger partial charge in [-0.25, -0.2) is 4.98 Å². The molecule has 0 aliphatic carbocycles. The van der Waals surface area contributed by atoms with Crippen molar-refractivity contribution in [3.05, 3.63) is 44.9 Å². The lowest BCUT2D eigenvalue weighted by atomic mass is 10.1. The first kappa shape index (κ1) is 13.3. The predicted molar refractivity (Wildman–Crippen MR) is 75.6 cm³/mol. The Kier molecular flexibility index (Phi) is 4.22. The van der Waals surface area contributed by atoms with Gasteiger partial charge in [-0.05, 0) is 24.6 Å². The second kappa shape index (κ2) is 5.69. The number of rotatable bonds is 3. The number of thiazole rings is 1. The highest BCUT2D eigenvalue weighted by Gasteiger charge is 2.08. The van der Waals surface area contributed by atoms with Gasteiger partial charge in [0.15, 0.2) is 5.13 Å². The Morgan fingerprint density at radius 1 is 1.39 bits per heavy atom. The molecule has 0 atom stereocenters. The minimum atomic E-state index is -0.122. The largest absolute Gasteiger partial charge is 0.302 e. The third-order valence-corrected chi connectivity index (χ3v) is 3.78. The van der Waals surface area contributed by atoms with Gasteiger partial charge in [0.1, 0.15) is 0 Å². The molecule has 0 bridgehead atoms. The number of benzene rings is 1. The van der Waals surface area contributed by atoms with E-state index in [-0.39, 0.29) is 12.3 Å². The highest BCUT2D eigenvalue weighted by Crippen LogP contribution is 2.23. The minimum Gasteiger partial charge on any atom is -0.302 e. The zero-order valence-electron chi connectivity index (χ0n) is 9.54. The highest BCUT2D eigenvalue weighted by molar-refractivity contribution is 7.15. The van der Waals surface area contributed by atoms with Crippen molar-refractivity contribution in [1.29, 1.82) is 0 Å². The highest BCUT2D eigenvalue weighted by atomic mass is 35.5. The van der Waals surface area contributed by atoms with Crippen LogP contribution in [0.15, 0.2) is 24.4 Å². The van der Waals surface area contributed by atoms with Crippen molar-refractivity contribution in [3.63, 3.8) is 0 Å². The smallest absolute Gasteiger partial charge is 0.230 e. The van der Waals surface area contributed by atoms with Crippen LogP contribution in [-0.4, -0.2) is 10.9 Å². The van der Waals surface area contributed by atoms with Crippen LogP contribution in [0.5, 0.6) is 0 Å². The number of halogens is 2. The molecule has 1 amide bonds. The van der Waals surface area contributed by atoms with Gasteiger partial charge < -0.3 is 5.32 Å². The third kappa shape index (κ3) is 3.45. The van der Waals surface area contributed by atoms with Gasteiger partial charge in [0, 0.05) is 11.1 Å². The van der Waals surface area contributed by atoms with Crippen LogP contribution in [0.25, 0.3) is 0 Å². The number of nitrogens with zero attached hydrogens (tertiary/aromatic N) is 1. The number of nitrogens with one attached hydrogen (secondary N) is 1. The van der Waals surface area contributed by atoms with Crippen LogP contribution in [0.3, 0.4) is 0 Å². The number of hydrogen-bond donors (Lipinski definition) is 1. The Bertz CT molecular complexity index is 583. The Balaban J connectivity index is 2.00. The standard InChI is InChI=1S/C12H10Cl2N2OS/c1-7-6-15-12(18-7)16-11(17)5-8-2-3-9(13)10(14)4-8/h2-4,6H,5H2,1H3,(H,15,16,17). The zero-order valence-corrected chi connectivity index (χ0v) is 11.9. The van der Waals surface area contributed by atoms with Crippen molar-refractivity contribution in [3.8, 4) is 0 Å². The minimum absolute atomic E-state index is 0.122. The molecule has 1 N–H and O–H groups in total. The fourth-order valence-corrected chi connectivity index (χ4v) is 2.41. The molecule has 6 heteroatoms. The molecule has 18 heavy (non-hydrogen) atoms. The van der Waals surface area contributed by atoms with E-state index < -0.39 is 0 Å². The molecule has 0 saturated heterocycles. The first-order chi connectivity index (χ1) is 8.54. The van der Waals surface area contributed by atoms with Crippen LogP contribution in [-0.2, 0) is 11.2 Å².